The van der Waals surface area contributed by atoms with Gasteiger partial charge >= 0.3 is 0 Å². The lowest BCUT2D eigenvalue weighted by Gasteiger charge is -2.43. The van der Waals surface area contributed by atoms with Gasteiger partial charge in [-0.2, -0.15) is 0 Å². The van der Waals surface area contributed by atoms with Crippen molar-refractivity contribution in [2.24, 2.45) is 0 Å². The van der Waals surface area contributed by atoms with Crippen molar-refractivity contribution in [3.05, 3.63) is 52.4 Å². The van der Waals surface area contributed by atoms with Crippen LogP contribution in [-0.4, -0.2) is 77.6 Å². The highest BCUT2D eigenvalue weighted by Gasteiger charge is 2.35. The first-order chi connectivity index (χ1) is 15.4. The van der Waals surface area contributed by atoms with Gasteiger partial charge in [-0.1, -0.05) is 30.7 Å². The number of hydrogen-bond acceptors (Lipinski definition) is 7. The second kappa shape index (κ2) is 9.83. The molecule has 1 N–H and O–H groups in total. The van der Waals surface area contributed by atoms with Gasteiger partial charge in [-0.05, 0) is 50.6 Å². The van der Waals surface area contributed by atoms with Gasteiger partial charge in [-0.3, -0.25) is 9.80 Å². The van der Waals surface area contributed by atoms with Crippen LogP contribution in [0.5, 0.6) is 0 Å². The van der Waals surface area contributed by atoms with Gasteiger partial charge in [0, 0.05) is 42.7 Å². The molecule has 1 aliphatic heterocycles. The van der Waals surface area contributed by atoms with Crippen molar-refractivity contribution in [2.45, 2.75) is 43.9 Å². The van der Waals surface area contributed by atoms with E-state index in [0.29, 0.717) is 11.4 Å². The van der Waals surface area contributed by atoms with E-state index in [-0.39, 0.29) is 18.0 Å². The van der Waals surface area contributed by atoms with Crippen LogP contribution in [-0.2, 0) is 4.79 Å². The van der Waals surface area contributed by atoms with Crippen molar-refractivity contribution in [3.8, 4) is 0 Å². The van der Waals surface area contributed by atoms with Crippen molar-refractivity contribution >= 4 is 23.7 Å². The Kier molecular flexibility index (Phi) is 7.10. The lowest BCUT2D eigenvalue weighted by molar-refractivity contribution is -0.110. The summed E-state index contributed by atoms with van der Waals surface area (Å²) in [6.45, 7) is 5.60. The van der Waals surface area contributed by atoms with Gasteiger partial charge in [-0.25, -0.2) is 9.97 Å². The van der Waals surface area contributed by atoms with Crippen LogP contribution in [0.2, 0.25) is 5.02 Å². The highest BCUT2D eigenvalue weighted by Crippen LogP contribution is 2.42. The van der Waals surface area contributed by atoms with Crippen molar-refractivity contribution in [2.75, 3.05) is 45.2 Å². The Bertz CT molecular complexity index is 930. The van der Waals surface area contributed by atoms with Crippen LogP contribution in [0, 0.1) is 0 Å². The lowest BCUT2D eigenvalue weighted by Crippen LogP contribution is -2.55. The van der Waals surface area contributed by atoms with Crippen LogP contribution in [0.3, 0.4) is 0 Å². The van der Waals surface area contributed by atoms with E-state index in [4.69, 9.17) is 11.6 Å². The van der Waals surface area contributed by atoms with Gasteiger partial charge in [0.15, 0.2) is 0 Å². The Hall–Kier alpha value is -2.06. The molecular weight excluding hydrogens is 426 g/mol. The number of benzene rings is 1. The van der Waals surface area contributed by atoms with Crippen LogP contribution in [0.4, 0.5) is 5.82 Å². The van der Waals surface area contributed by atoms with Crippen molar-refractivity contribution in [3.63, 3.8) is 0 Å². The first-order valence-electron chi connectivity index (χ1n) is 11.3. The molecule has 0 saturated carbocycles. The highest BCUT2D eigenvalue weighted by atomic mass is 35.5. The number of fused-ring (bicyclic) bond motifs is 1. The maximum Gasteiger partial charge on any atom is 0.135 e. The zero-order chi connectivity index (χ0) is 22.8. The molecule has 2 aliphatic rings. The first-order valence-corrected chi connectivity index (χ1v) is 11.7. The van der Waals surface area contributed by atoms with Crippen LogP contribution in [0.25, 0.3) is 0 Å². The molecule has 2 aromatic rings. The van der Waals surface area contributed by atoms with Crippen molar-refractivity contribution in [1.29, 1.82) is 0 Å². The summed E-state index contributed by atoms with van der Waals surface area (Å²) in [5.74, 6) is 1.05. The zero-order valence-corrected chi connectivity index (χ0v) is 19.7. The average Bonchev–Trinajstić information content (AvgIpc) is 3.09. The minimum Gasteiger partial charge on any atom is -0.387 e. The standard InChI is InChI=1S/C24H32ClN5O2/c1-16-12-20(32)23-22(16)24(27-15-26-23)30-10-8-29(9-11-30)21(28(2)3)13-18(14-31)17-4-6-19(25)7-5-17/h4-7,14-16,18,20-21,32H,8-13H2,1-3H3/t16-,18?,20-,21?/m1/s1. The normalized spacial score (nSPS) is 23.2. The van der Waals surface area contributed by atoms with Gasteiger partial charge in [-0.15, -0.1) is 0 Å². The van der Waals surface area contributed by atoms with Crippen LogP contribution >= 0.6 is 11.6 Å². The summed E-state index contributed by atoms with van der Waals surface area (Å²) in [6.07, 6.45) is 3.72. The molecule has 1 aromatic carbocycles. The third-order valence-electron chi connectivity index (χ3n) is 6.84. The van der Waals surface area contributed by atoms with E-state index in [1.165, 1.54) is 0 Å². The summed E-state index contributed by atoms with van der Waals surface area (Å²) in [6, 6.07) is 7.57. The lowest BCUT2D eigenvalue weighted by atomic mass is 9.94. The SMILES string of the molecule is C[C@@H]1C[C@@H](O)c2ncnc(N3CCN(C(CC(C=O)c4ccc(Cl)cc4)N(C)C)CC3)c21. The number of nitrogens with zero attached hydrogens (tertiary/aromatic N) is 5. The number of aliphatic hydroxyl groups is 1. The molecule has 2 unspecified atom stereocenters. The van der Waals surface area contributed by atoms with Crippen LogP contribution < -0.4 is 4.90 Å². The summed E-state index contributed by atoms with van der Waals surface area (Å²) in [5, 5.41) is 11.0. The monoisotopic (exact) mass is 457 g/mol. The Morgan fingerprint density at radius 1 is 1.19 bits per heavy atom. The summed E-state index contributed by atoms with van der Waals surface area (Å²) in [5.41, 5.74) is 2.88. The quantitative estimate of drug-likeness (QED) is 0.640. The Morgan fingerprint density at radius 2 is 1.88 bits per heavy atom. The van der Waals surface area contributed by atoms with E-state index >= 15 is 0 Å². The van der Waals surface area contributed by atoms with Gasteiger partial charge in [0.25, 0.3) is 0 Å². The molecule has 1 saturated heterocycles. The van der Waals surface area contributed by atoms with E-state index in [1.54, 1.807) is 6.33 Å². The molecular formula is C24H32ClN5O2. The molecule has 7 nitrogen and oxygen atoms in total. The fourth-order valence-corrected chi connectivity index (χ4v) is 5.21. The minimum atomic E-state index is -0.491. The molecule has 172 valence electrons. The highest BCUT2D eigenvalue weighted by molar-refractivity contribution is 6.30. The number of aromatic nitrogens is 2. The molecule has 4 atom stereocenters. The smallest absolute Gasteiger partial charge is 0.135 e. The number of carbonyl (C=O) groups excluding carboxylic acids is 1. The number of hydrogen-bond donors (Lipinski definition) is 1. The van der Waals surface area contributed by atoms with E-state index in [9.17, 15) is 9.90 Å². The molecule has 32 heavy (non-hydrogen) atoms. The number of piperazine rings is 1. The molecule has 0 amide bonds. The number of aliphatic hydroxyl groups excluding tert-OH is 1. The zero-order valence-electron chi connectivity index (χ0n) is 19.0. The summed E-state index contributed by atoms with van der Waals surface area (Å²) in [7, 11) is 4.14. The summed E-state index contributed by atoms with van der Waals surface area (Å²) in [4.78, 5) is 27.8. The second-order valence-electron chi connectivity index (χ2n) is 9.15. The molecule has 1 aliphatic carbocycles. The van der Waals surface area contributed by atoms with E-state index in [2.05, 4.69) is 45.7 Å². The summed E-state index contributed by atoms with van der Waals surface area (Å²) >= 11 is 6.02. The topological polar surface area (TPSA) is 72.8 Å². The van der Waals surface area contributed by atoms with Crippen LogP contribution in [0.15, 0.2) is 30.6 Å². The Morgan fingerprint density at radius 3 is 2.50 bits per heavy atom. The molecule has 2 heterocycles. The largest absolute Gasteiger partial charge is 0.387 e. The third-order valence-corrected chi connectivity index (χ3v) is 7.09. The minimum absolute atomic E-state index is 0.153. The summed E-state index contributed by atoms with van der Waals surface area (Å²) < 4.78 is 0. The van der Waals surface area contributed by atoms with Crippen LogP contribution in [0.1, 0.15) is 54.5 Å². The van der Waals surface area contributed by atoms with Crippen molar-refractivity contribution < 1.29 is 9.90 Å². The molecule has 4 rings (SSSR count). The Labute approximate surface area is 195 Å². The third kappa shape index (κ3) is 4.66. The first kappa shape index (κ1) is 23.1. The fourth-order valence-electron chi connectivity index (χ4n) is 5.08. The molecule has 8 heteroatoms. The van der Waals surface area contributed by atoms with E-state index in [0.717, 1.165) is 61.5 Å². The number of rotatable bonds is 7. The molecule has 0 bridgehead atoms. The maximum absolute atomic E-state index is 11.9. The Balaban J connectivity index is 1.45. The fraction of sp³-hybridized carbons (Fsp3) is 0.542. The van der Waals surface area contributed by atoms with Crippen molar-refractivity contribution in [1.82, 2.24) is 19.8 Å². The number of halogens is 1. The molecule has 1 aromatic heterocycles. The number of carbonyl (C=O) groups is 1. The predicted octanol–water partition coefficient (Wildman–Crippen LogP) is 3.05. The van der Waals surface area contributed by atoms with E-state index in [1.807, 2.05) is 24.3 Å². The van der Waals surface area contributed by atoms with Gasteiger partial charge in [0.05, 0.1) is 18.0 Å². The molecule has 1 fully saturated rings. The number of aldehydes is 1. The number of anilines is 1. The van der Waals surface area contributed by atoms with Gasteiger partial charge < -0.3 is 14.8 Å². The average molecular weight is 458 g/mol. The van der Waals surface area contributed by atoms with Gasteiger partial charge in [0.2, 0.25) is 0 Å². The van der Waals surface area contributed by atoms with E-state index < -0.39 is 6.10 Å². The maximum atomic E-state index is 11.9. The van der Waals surface area contributed by atoms with Gasteiger partial charge in [0.1, 0.15) is 18.4 Å². The molecule has 0 radical (unpaired) electrons. The second-order valence-corrected chi connectivity index (χ2v) is 9.58. The predicted molar refractivity (Wildman–Crippen MR) is 126 cm³/mol. The molecule has 0 spiro atoms.